The molecule has 2 aromatic heterocycles. The average Bonchev–Trinajstić information content (AvgIpc) is 3.11. The minimum absolute atomic E-state index is 0.0970. The number of aromatic nitrogens is 3. The Hall–Kier alpha value is -2.78. The van der Waals surface area contributed by atoms with Crippen molar-refractivity contribution in [1.29, 1.82) is 0 Å². The van der Waals surface area contributed by atoms with Crippen molar-refractivity contribution in [1.82, 2.24) is 9.78 Å². The number of esters is 1. The molecule has 0 saturated heterocycles. The van der Waals surface area contributed by atoms with Crippen molar-refractivity contribution in [3.05, 3.63) is 47.2 Å². The van der Waals surface area contributed by atoms with Crippen LogP contribution in [0.3, 0.4) is 0 Å². The summed E-state index contributed by atoms with van der Waals surface area (Å²) in [6, 6.07) is 2.69. The number of alkyl halides is 3. The Balaban J connectivity index is 1.92. The van der Waals surface area contributed by atoms with Gasteiger partial charge in [-0.15, -0.1) is 0 Å². The van der Waals surface area contributed by atoms with E-state index in [2.05, 4.69) is 9.84 Å². The van der Waals surface area contributed by atoms with E-state index < -0.39 is 24.7 Å². The van der Waals surface area contributed by atoms with Gasteiger partial charge in [0, 0.05) is 17.8 Å². The van der Waals surface area contributed by atoms with Gasteiger partial charge in [-0.1, -0.05) is 0 Å². The maximum atomic E-state index is 12.5. The first-order chi connectivity index (χ1) is 11.8. The highest BCUT2D eigenvalue weighted by Gasteiger charge is 2.39. The van der Waals surface area contributed by atoms with Crippen LogP contribution in [0.1, 0.15) is 23.7 Å². The van der Waals surface area contributed by atoms with Crippen LogP contribution in [-0.2, 0) is 22.6 Å². The molecule has 0 N–H and O–H groups in total. The van der Waals surface area contributed by atoms with Crippen LogP contribution in [0, 0.1) is 5.21 Å². The van der Waals surface area contributed by atoms with Crippen LogP contribution in [0.15, 0.2) is 30.7 Å². The highest BCUT2D eigenvalue weighted by molar-refractivity contribution is 5.71. The lowest BCUT2D eigenvalue weighted by molar-refractivity contribution is -0.615. The standard InChI is InChI=1S/C15H15F3N4O3/c1-25-13(23)5-12-14-10(3-2-4-22(14)24)7-21(12)11-6-19-20(8-11)9-15(16,17)18/h2-4,6,8,12H,5,7,9H2,1H3. The van der Waals surface area contributed by atoms with Gasteiger partial charge >= 0.3 is 12.1 Å². The van der Waals surface area contributed by atoms with Crippen LogP contribution in [0.5, 0.6) is 0 Å². The third-order valence-electron chi connectivity index (χ3n) is 4.00. The molecule has 0 amide bonds. The molecule has 0 aromatic carbocycles. The number of halogens is 3. The topological polar surface area (TPSA) is 74.3 Å². The first kappa shape index (κ1) is 17.1. The monoisotopic (exact) mass is 356 g/mol. The predicted octanol–water partition coefficient (Wildman–Crippen LogP) is 1.70. The van der Waals surface area contributed by atoms with Crippen molar-refractivity contribution >= 4 is 11.7 Å². The van der Waals surface area contributed by atoms with Gasteiger partial charge in [-0.3, -0.25) is 9.48 Å². The van der Waals surface area contributed by atoms with Crippen LogP contribution < -0.4 is 9.63 Å². The van der Waals surface area contributed by atoms with E-state index in [4.69, 9.17) is 0 Å². The van der Waals surface area contributed by atoms with Crippen LogP contribution >= 0.6 is 0 Å². The average molecular weight is 356 g/mol. The normalized spacial score (nSPS) is 16.8. The van der Waals surface area contributed by atoms with Gasteiger partial charge in [-0.2, -0.15) is 23.0 Å². The summed E-state index contributed by atoms with van der Waals surface area (Å²) < 4.78 is 43.7. The highest BCUT2D eigenvalue weighted by Crippen LogP contribution is 2.37. The maximum Gasteiger partial charge on any atom is 0.408 e. The van der Waals surface area contributed by atoms with Crippen molar-refractivity contribution < 1.29 is 27.4 Å². The van der Waals surface area contributed by atoms with E-state index in [1.54, 1.807) is 17.0 Å². The molecule has 10 heteroatoms. The zero-order valence-electron chi connectivity index (χ0n) is 13.2. The largest absolute Gasteiger partial charge is 0.618 e. The lowest BCUT2D eigenvalue weighted by atomic mass is 10.1. The van der Waals surface area contributed by atoms with Crippen LogP contribution in [-0.4, -0.2) is 29.0 Å². The van der Waals surface area contributed by atoms with E-state index in [1.807, 2.05) is 0 Å². The van der Waals surface area contributed by atoms with Gasteiger partial charge in [0.25, 0.3) is 0 Å². The quantitative estimate of drug-likeness (QED) is 0.474. The Morgan fingerprint density at radius 3 is 2.96 bits per heavy atom. The number of hydrogen-bond acceptors (Lipinski definition) is 5. The van der Waals surface area contributed by atoms with Crippen LogP contribution in [0.25, 0.3) is 0 Å². The number of anilines is 1. The van der Waals surface area contributed by atoms with E-state index in [9.17, 15) is 23.2 Å². The molecule has 134 valence electrons. The second-order valence-corrected chi connectivity index (χ2v) is 5.68. The van der Waals surface area contributed by atoms with E-state index >= 15 is 0 Å². The molecular weight excluding hydrogens is 341 g/mol. The van der Waals surface area contributed by atoms with E-state index in [0.29, 0.717) is 21.7 Å². The Kier molecular flexibility index (Phi) is 4.27. The van der Waals surface area contributed by atoms with Crippen molar-refractivity contribution in [2.45, 2.75) is 31.7 Å². The summed E-state index contributed by atoms with van der Waals surface area (Å²) in [7, 11) is 1.24. The third kappa shape index (κ3) is 3.52. The first-order valence-corrected chi connectivity index (χ1v) is 7.42. The number of methoxy groups -OCH3 is 1. The fourth-order valence-corrected chi connectivity index (χ4v) is 2.97. The number of pyridine rings is 1. The summed E-state index contributed by atoms with van der Waals surface area (Å²) >= 11 is 0. The summed E-state index contributed by atoms with van der Waals surface area (Å²) in [6.45, 7) is -0.922. The zero-order chi connectivity index (χ0) is 18.2. The van der Waals surface area contributed by atoms with Crippen molar-refractivity contribution in [2.24, 2.45) is 0 Å². The number of carbonyl (C=O) groups is 1. The number of ether oxygens (including phenoxy) is 1. The number of nitrogens with zero attached hydrogens (tertiary/aromatic N) is 4. The molecule has 0 aliphatic carbocycles. The summed E-state index contributed by atoms with van der Waals surface area (Å²) in [5.74, 6) is -0.519. The van der Waals surface area contributed by atoms with Crippen molar-refractivity contribution in [3.8, 4) is 0 Å². The Morgan fingerprint density at radius 2 is 2.28 bits per heavy atom. The molecular formula is C15H15F3N4O3. The summed E-state index contributed by atoms with van der Waals surface area (Å²) in [5, 5.41) is 15.8. The molecule has 0 spiro atoms. The number of rotatable bonds is 4. The highest BCUT2D eigenvalue weighted by atomic mass is 19.4. The van der Waals surface area contributed by atoms with Gasteiger partial charge in [-0.25, -0.2) is 0 Å². The summed E-state index contributed by atoms with van der Waals surface area (Å²) in [4.78, 5) is 13.4. The lowest BCUT2D eigenvalue weighted by Gasteiger charge is -2.23. The van der Waals surface area contributed by atoms with E-state index in [1.165, 1.54) is 25.7 Å². The number of fused-ring (bicyclic) bond motifs is 1. The van der Waals surface area contributed by atoms with Crippen LogP contribution in [0.4, 0.5) is 18.9 Å². The predicted molar refractivity (Wildman–Crippen MR) is 79.2 cm³/mol. The van der Waals surface area contributed by atoms with Gasteiger partial charge in [-0.05, 0) is 6.07 Å². The second-order valence-electron chi connectivity index (χ2n) is 5.68. The van der Waals surface area contributed by atoms with Gasteiger partial charge in [0.1, 0.15) is 12.6 Å². The molecule has 1 aliphatic rings. The summed E-state index contributed by atoms with van der Waals surface area (Å²) in [5.41, 5.74) is 1.49. The second kappa shape index (κ2) is 6.26. The lowest BCUT2D eigenvalue weighted by Crippen LogP contribution is -2.36. The van der Waals surface area contributed by atoms with Gasteiger partial charge in [0.05, 0.1) is 32.0 Å². The molecule has 25 heavy (non-hydrogen) atoms. The fraction of sp³-hybridized carbons (Fsp3) is 0.400. The van der Waals surface area contributed by atoms with Gasteiger partial charge < -0.3 is 14.8 Å². The molecule has 7 nitrogen and oxygen atoms in total. The number of hydrogen-bond donors (Lipinski definition) is 0. The van der Waals surface area contributed by atoms with E-state index in [0.717, 1.165) is 4.68 Å². The molecule has 0 radical (unpaired) electrons. The van der Waals surface area contributed by atoms with Crippen molar-refractivity contribution in [2.75, 3.05) is 12.0 Å². The van der Waals surface area contributed by atoms with Gasteiger partial charge in [0.2, 0.25) is 5.69 Å². The van der Waals surface area contributed by atoms with Gasteiger partial charge in [0.15, 0.2) is 6.20 Å². The van der Waals surface area contributed by atoms with Crippen molar-refractivity contribution in [3.63, 3.8) is 0 Å². The minimum Gasteiger partial charge on any atom is -0.618 e. The maximum absolute atomic E-state index is 12.5. The Labute approximate surface area is 140 Å². The van der Waals surface area contributed by atoms with E-state index in [-0.39, 0.29) is 13.0 Å². The minimum atomic E-state index is -4.39. The van der Waals surface area contributed by atoms with Crippen LogP contribution in [0.2, 0.25) is 0 Å². The molecule has 3 heterocycles. The molecule has 1 unspecified atom stereocenters. The fourth-order valence-electron chi connectivity index (χ4n) is 2.97. The molecule has 1 aliphatic heterocycles. The SMILES string of the molecule is COC(=O)CC1c2c(ccc[n+]2[O-])CN1c1cnn(CC(F)(F)F)c1. The molecule has 0 saturated carbocycles. The Bertz CT molecular complexity index is 791. The molecule has 2 aromatic rings. The third-order valence-corrected chi connectivity index (χ3v) is 4.00. The molecule has 0 bridgehead atoms. The zero-order valence-corrected chi connectivity index (χ0v) is 13.2. The smallest absolute Gasteiger partial charge is 0.408 e. The first-order valence-electron chi connectivity index (χ1n) is 7.42. The molecule has 3 rings (SSSR count). The number of carbonyl (C=O) groups excluding carboxylic acids is 1. The molecule has 1 atom stereocenters. The summed E-state index contributed by atoms with van der Waals surface area (Å²) in [6.07, 6.45) is -0.629. The Morgan fingerprint density at radius 1 is 1.52 bits per heavy atom. The molecule has 0 fully saturated rings.